The average molecular weight is 290 g/mol. The topological polar surface area (TPSA) is 73.4 Å². The number of para-hydroxylation sites is 1. The van der Waals surface area contributed by atoms with Crippen molar-refractivity contribution in [1.82, 2.24) is 4.90 Å². The molecule has 0 radical (unpaired) electrons. The number of anilines is 1. The quantitative estimate of drug-likeness (QED) is 0.661. The molecule has 5 nitrogen and oxygen atoms in total. The van der Waals surface area contributed by atoms with Crippen molar-refractivity contribution in [3.8, 4) is 0 Å². The van der Waals surface area contributed by atoms with Gasteiger partial charge in [-0.2, -0.15) is 0 Å². The van der Waals surface area contributed by atoms with E-state index in [9.17, 15) is 4.79 Å². The largest absolute Gasteiger partial charge is 0.370 e. The van der Waals surface area contributed by atoms with Crippen LogP contribution < -0.4 is 10.6 Å². The first kappa shape index (κ1) is 17.0. The number of carbonyl (C=O) groups is 1. The number of amides is 2. The van der Waals surface area contributed by atoms with Crippen LogP contribution in [0.2, 0.25) is 0 Å². The maximum Gasteiger partial charge on any atom is 0.331 e. The molecule has 0 unspecified atom stereocenters. The third kappa shape index (κ3) is 3.97. The molecule has 0 aliphatic heterocycles. The molecule has 0 fully saturated rings. The van der Waals surface area contributed by atoms with Gasteiger partial charge in [0.15, 0.2) is 5.96 Å². The predicted octanol–water partition coefficient (Wildman–Crippen LogP) is 2.97. The molecule has 21 heavy (non-hydrogen) atoms. The van der Waals surface area contributed by atoms with Gasteiger partial charge < -0.3 is 5.73 Å². The second kappa shape index (κ2) is 7.11. The highest BCUT2D eigenvalue weighted by Gasteiger charge is 2.24. The van der Waals surface area contributed by atoms with E-state index in [0.717, 1.165) is 23.2 Å². The van der Waals surface area contributed by atoms with Gasteiger partial charge in [-0.3, -0.25) is 15.2 Å². The van der Waals surface area contributed by atoms with E-state index < -0.39 is 0 Å². The van der Waals surface area contributed by atoms with Crippen molar-refractivity contribution in [1.29, 1.82) is 5.41 Å². The molecule has 0 aliphatic rings. The van der Waals surface area contributed by atoms with Crippen molar-refractivity contribution < 1.29 is 4.79 Å². The Hall–Kier alpha value is -2.04. The van der Waals surface area contributed by atoms with Crippen molar-refractivity contribution in [2.24, 2.45) is 11.7 Å². The molecule has 0 saturated carbocycles. The van der Waals surface area contributed by atoms with Crippen LogP contribution in [0.1, 0.15) is 31.9 Å². The van der Waals surface area contributed by atoms with Crippen LogP contribution in [0.4, 0.5) is 10.5 Å². The van der Waals surface area contributed by atoms with Crippen LogP contribution in [-0.2, 0) is 6.42 Å². The van der Waals surface area contributed by atoms with E-state index in [1.807, 2.05) is 39.0 Å². The molecule has 5 heteroatoms. The highest BCUT2D eigenvalue weighted by Crippen LogP contribution is 2.25. The zero-order valence-corrected chi connectivity index (χ0v) is 13.6. The molecule has 0 aromatic heterocycles. The molecule has 0 aliphatic carbocycles. The Morgan fingerprint density at radius 1 is 1.38 bits per heavy atom. The molecule has 116 valence electrons. The highest BCUT2D eigenvalue weighted by molar-refractivity contribution is 6.02. The van der Waals surface area contributed by atoms with E-state index in [0.29, 0.717) is 6.54 Å². The molecule has 2 amide bonds. The SMILES string of the molecule is CCc1cccc(C)c1N(C)C(=O)N(CC(C)C)C(=N)N. The summed E-state index contributed by atoms with van der Waals surface area (Å²) in [6.45, 7) is 8.47. The fourth-order valence-electron chi connectivity index (χ4n) is 2.41. The molecular formula is C16H26N4O. The first-order chi connectivity index (χ1) is 9.79. The molecule has 0 spiro atoms. The monoisotopic (exact) mass is 290 g/mol. The predicted molar refractivity (Wildman–Crippen MR) is 87.8 cm³/mol. The number of nitrogens with two attached hydrogens (primary N) is 1. The lowest BCUT2D eigenvalue weighted by atomic mass is 10.1. The molecule has 1 rings (SSSR count). The number of rotatable bonds is 4. The van der Waals surface area contributed by atoms with E-state index in [1.54, 1.807) is 11.9 Å². The van der Waals surface area contributed by atoms with Crippen LogP contribution in [0.25, 0.3) is 0 Å². The molecule has 3 N–H and O–H groups in total. The molecule has 0 bridgehead atoms. The number of hydrogen-bond donors (Lipinski definition) is 2. The highest BCUT2D eigenvalue weighted by atomic mass is 16.2. The summed E-state index contributed by atoms with van der Waals surface area (Å²) in [5.74, 6) is 0.0287. The minimum Gasteiger partial charge on any atom is -0.370 e. The third-order valence-corrected chi connectivity index (χ3v) is 3.39. The van der Waals surface area contributed by atoms with Crippen molar-refractivity contribution in [3.63, 3.8) is 0 Å². The van der Waals surface area contributed by atoms with E-state index in [-0.39, 0.29) is 17.9 Å². The Labute approximate surface area is 127 Å². The van der Waals surface area contributed by atoms with Gasteiger partial charge in [0.25, 0.3) is 0 Å². The molecule has 1 aromatic rings. The molecular weight excluding hydrogens is 264 g/mol. The van der Waals surface area contributed by atoms with Gasteiger partial charge in [0.05, 0.1) is 5.69 Å². The fraction of sp³-hybridized carbons (Fsp3) is 0.500. The Morgan fingerprint density at radius 3 is 2.48 bits per heavy atom. The van der Waals surface area contributed by atoms with Gasteiger partial charge >= 0.3 is 6.03 Å². The smallest absolute Gasteiger partial charge is 0.331 e. The van der Waals surface area contributed by atoms with Gasteiger partial charge in [0, 0.05) is 13.6 Å². The van der Waals surface area contributed by atoms with Gasteiger partial charge in [-0.05, 0) is 30.4 Å². The van der Waals surface area contributed by atoms with Crippen LogP contribution in [0.3, 0.4) is 0 Å². The summed E-state index contributed by atoms with van der Waals surface area (Å²) < 4.78 is 0. The fourth-order valence-corrected chi connectivity index (χ4v) is 2.41. The summed E-state index contributed by atoms with van der Waals surface area (Å²) in [4.78, 5) is 15.6. The van der Waals surface area contributed by atoms with Crippen molar-refractivity contribution in [3.05, 3.63) is 29.3 Å². The Balaban J connectivity index is 3.14. The molecule has 1 aromatic carbocycles. The maximum absolute atomic E-state index is 12.7. The Kier molecular flexibility index (Phi) is 5.76. The van der Waals surface area contributed by atoms with Crippen LogP contribution >= 0.6 is 0 Å². The average Bonchev–Trinajstić information content (AvgIpc) is 2.42. The first-order valence-electron chi connectivity index (χ1n) is 7.27. The van der Waals surface area contributed by atoms with Crippen LogP contribution in [-0.4, -0.2) is 30.5 Å². The third-order valence-electron chi connectivity index (χ3n) is 3.39. The molecule has 0 atom stereocenters. The molecule has 0 heterocycles. The second-order valence-corrected chi connectivity index (χ2v) is 5.67. The van der Waals surface area contributed by atoms with E-state index in [2.05, 4.69) is 6.92 Å². The zero-order chi connectivity index (χ0) is 16.2. The summed E-state index contributed by atoms with van der Waals surface area (Å²) in [6, 6.07) is 5.73. The van der Waals surface area contributed by atoms with Gasteiger partial charge in [0.1, 0.15) is 0 Å². The summed E-state index contributed by atoms with van der Waals surface area (Å²) in [6.07, 6.45) is 0.846. The summed E-state index contributed by atoms with van der Waals surface area (Å²) in [7, 11) is 1.74. The van der Waals surface area contributed by atoms with E-state index in [1.165, 1.54) is 4.90 Å². The summed E-state index contributed by atoms with van der Waals surface area (Å²) >= 11 is 0. The minimum atomic E-state index is -0.264. The normalized spacial score (nSPS) is 10.6. The number of hydrogen-bond acceptors (Lipinski definition) is 2. The zero-order valence-electron chi connectivity index (χ0n) is 13.6. The second-order valence-electron chi connectivity index (χ2n) is 5.67. The number of guanidine groups is 1. The lowest BCUT2D eigenvalue weighted by molar-refractivity contribution is 0.223. The van der Waals surface area contributed by atoms with E-state index >= 15 is 0 Å². The lowest BCUT2D eigenvalue weighted by Crippen LogP contribution is -2.49. The first-order valence-corrected chi connectivity index (χ1v) is 7.27. The maximum atomic E-state index is 12.7. The van der Waals surface area contributed by atoms with E-state index in [4.69, 9.17) is 11.1 Å². The van der Waals surface area contributed by atoms with Crippen LogP contribution in [0.5, 0.6) is 0 Å². The standard InChI is InChI=1S/C16H26N4O/c1-6-13-9-7-8-12(4)14(13)19(5)16(21)20(15(17)18)10-11(2)3/h7-9,11H,6,10H2,1-5H3,(H3,17,18). The van der Waals surface area contributed by atoms with Crippen molar-refractivity contribution in [2.75, 3.05) is 18.5 Å². The van der Waals surface area contributed by atoms with Gasteiger partial charge in [-0.15, -0.1) is 0 Å². The van der Waals surface area contributed by atoms with Gasteiger partial charge in [-0.25, -0.2) is 4.79 Å². The number of nitrogens with one attached hydrogen (secondary N) is 1. The van der Waals surface area contributed by atoms with Crippen LogP contribution in [0.15, 0.2) is 18.2 Å². The van der Waals surface area contributed by atoms with Crippen molar-refractivity contribution in [2.45, 2.75) is 34.1 Å². The Bertz CT molecular complexity index is 525. The number of carbonyl (C=O) groups excluding carboxylic acids is 1. The number of benzene rings is 1. The Morgan fingerprint density at radius 2 is 2.00 bits per heavy atom. The van der Waals surface area contributed by atoms with Crippen molar-refractivity contribution >= 4 is 17.7 Å². The van der Waals surface area contributed by atoms with Gasteiger partial charge in [-0.1, -0.05) is 39.0 Å². The summed E-state index contributed by atoms with van der Waals surface area (Å²) in [5, 5.41) is 7.64. The summed E-state index contributed by atoms with van der Waals surface area (Å²) in [5.41, 5.74) is 8.63. The number of aryl methyl sites for hydroxylation is 2. The minimum absolute atomic E-state index is 0.216. The number of nitrogens with zero attached hydrogens (tertiary/aromatic N) is 2. The number of urea groups is 1. The van der Waals surface area contributed by atoms with Crippen LogP contribution in [0, 0.1) is 18.3 Å². The molecule has 0 saturated heterocycles. The van der Waals surface area contributed by atoms with Gasteiger partial charge in [0.2, 0.25) is 0 Å². The lowest BCUT2D eigenvalue weighted by Gasteiger charge is -2.30.